The normalized spacial score (nSPS) is 14.7. The van der Waals surface area contributed by atoms with Gasteiger partial charge in [0.2, 0.25) is 11.6 Å². The number of hydrogen-bond acceptors (Lipinski definition) is 7. The zero-order valence-electron chi connectivity index (χ0n) is 19.7. The number of rotatable bonds is 4. The Hall–Kier alpha value is -4.41. The molecular weight excluding hydrogens is 480 g/mol. The lowest BCUT2D eigenvalue weighted by Crippen LogP contribution is -2.21. The van der Waals surface area contributed by atoms with Crippen LogP contribution in [0.15, 0.2) is 70.5 Å². The fraction of sp³-hybridized carbons (Fsp3) is 0.143. The van der Waals surface area contributed by atoms with E-state index < -0.39 is 11.9 Å². The van der Waals surface area contributed by atoms with Crippen LogP contribution in [0.2, 0.25) is 5.02 Å². The first-order chi connectivity index (χ1) is 17.3. The molecule has 0 fully saturated rings. The number of hydrogen-bond donors (Lipinski definition) is 1. The van der Waals surface area contributed by atoms with Crippen LogP contribution < -0.4 is 19.9 Å². The Morgan fingerprint density at radius 2 is 1.89 bits per heavy atom. The van der Waals surface area contributed by atoms with Gasteiger partial charge in [0.05, 0.1) is 13.0 Å². The molecule has 1 aliphatic heterocycles. The Labute approximate surface area is 212 Å². The Morgan fingerprint density at radius 3 is 2.64 bits per heavy atom. The van der Waals surface area contributed by atoms with Gasteiger partial charge < -0.3 is 24.4 Å². The molecule has 0 saturated heterocycles. The molecule has 7 nitrogen and oxygen atoms in total. The van der Waals surface area contributed by atoms with E-state index in [-0.39, 0.29) is 23.0 Å². The van der Waals surface area contributed by atoms with Crippen LogP contribution in [0.1, 0.15) is 38.7 Å². The van der Waals surface area contributed by atoms with Gasteiger partial charge in [-0.05, 0) is 43.7 Å². The van der Waals surface area contributed by atoms with Crippen molar-refractivity contribution >= 4 is 28.5 Å². The van der Waals surface area contributed by atoms with Gasteiger partial charge >= 0.3 is 5.97 Å². The molecule has 0 saturated carbocycles. The van der Waals surface area contributed by atoms with Crippen LogP contribution in [0.4, 0.5) is 0 Å². The lowest BCUT2D eigenvalue weighted by Gasteiger charge is -2.27. The average Bonchev–Trinajstić information content (AvgIpc) is 3.18. The molecule has 1 atom stereocenters. The van der Waals surface area contributed by atoms with Gasteiger partial charge in [0, 0.05) is 33.2 Å². The van der Waals surface area contributed by atoms with Crippen molar-refractivity contribution < 1.29 is 23.4 Å². The molecule has 1 unspecified atom stereocenters. The van der Waals surface area contributed by atoms with Gasteiger partial charge in [0.15, 0.2) is 0 Å². The van der Waals surface area contributed by atoms with E-state index in [1.165, 1.54) is 0 Å². The van der Waals surface area contributed by atoms with E-state index in [4.69, 9.17) is 36.0 Å². The molecule has 0 amide bonds. The number of benzene rings is 3. The van der Waals surface area contributed by atoms with Gasteiger partial charge in [-0.25, -0.2) is 4.79 Å². The highest BCUT2D eigenvalue weighted by atomic mass is 35.5. The zero-order chi connectivity index (χ0) is 25.6. The van der Waals surface area contributed by atoms with Crippen LogP contribution in [0.5, 0.6) is 17.2 Å². The minimum Gasteiger partial charge on any atom is -0.496 e. The lowest BCUT2D eigenvalue weighted by atomic mass is 9.83. The Bertz CT molecular complexity index is 1610. The predicted octanol–water partition coefficient (Wildman–Crippen LogP) is 6.15. The number of nitriles is 1. The quantitative estimate of drug-likeness (QED) is 0.264. The number of nitrogens with zero attached hydrogens (tertiary/aromatic N) is 1. The number of esters is 1. The van der Waals surface area contributed by atoms with Crippen LogP contribution in [-0.2, 0) is 0 Å². The number of halogens is 1. The standard InChI is InChI=1S/C28H21ClN2O5/c1-14-10-23-19(12-21(14)29)15(2)26(35-23)28(32)34-16-8-9-18-24(11-16)36-27(31)20(13-30)25(18)17-6-4-5-7-22(17)33-3/h4-12,25H,31H2,1-3H3. The van der Waals surface area contributed by atoms with Crippen molar-refractivity contribution in [1.82, 2.24) is 0 Å². The number of nitrogens with two attached hydrogens (primary N) is 1. The highest BCUT2D eigenvalue weighted by Gasteiger charge is 2.33. The minimum atomic E-state index is -0.657. The third-order valence-corrected chi connectivity index (χ3v) is 6.66. The van der Waals surface area contributed by atoms with Crippen LogP contribution in [0.3, 0.4) is 0 Å². The number of ether oxygens (including phenoxy) is 3. The summed E-state index contributed by atoms with van der Waals surface area (Å²) in [4.78, 5) is 13.0. The second kappa shape index (κ2) is 8.99. The summed E-state index contributed by atoms with van der Waals surface area (Å²) >= 11 is 6.24. The summed E-state index contributed by atoms with van der Waals surface area (Å²) < 4.78 is 22.7. The molecule has 180 valence electrons. The highest BCUT2D eigenvalue weighted by Crippen LogP contribution is 2.46. The van der Waals surface area contributed by atoms with Crippen molar-refractivity contribution in [3.05, 3.63) is 99.1 Å². The molecule has 3 aromatic carbocycles. The molecule has 0 radical (unpaired) electrons. The van der Waals surface area contributed by atoms with Crippen LogP contribution in [0, 0.1) is 25.2 Å². The van der Waals surface area contributed by atoms with E-state index in [2.05, 4.69) is 6.07 Å². The van der Waals surface area contributed by atoms with Gasteiger partial charge in [0.1, 0.15) is 34.5 Å². The first-order valence-electron chi connectivity index (χ1n) is 11.1. The largest absolute Gasteiger partial charge is 0.496 e. The molecule has 0 aliphatic carbocycles. The topological polar surface area (TPSA) is 108 Å². The number of carbonyl (C=O) groups is 1. The van der Waals surface area contributed by atoms with Crippen molar-refractivity contribution in [3.8, 4) is 23.3 Å². The molecule has 1 aromatic heterocycles. The molecule has 1 aliphatic rings. The molecule has 8 heteroatoms. The maximum absolute atomic E-state index is 13.0. The van der Waals surface area contributed by atoms with Crippen molar-refractivity contribution in [2.45, 2.75) is 19.8 Å². The van der Waals surface area contributed by atoms with Gasteiger partial charge in [0.25, 0.3) is 0 Å². The first kappa shape index (κ1) is 23.3. The van der Waals surface area contributed by atoms with Crippen LogP contribution in [-0.4, -0.2) is 13.1 Å². The molecule has 36 heavy (non-hydrogen) atoms. The smallest absolute Gasteiger partial charge is 0.379 e. The number of aryl methyl sites for hydroxylation is 2. The zero-order valence-corrected chi connectivity index (χ0v) is 20.5. The molecule has 2 heterocycles. The monoisotopic (exact) mass is 500 g/mol. The average molecular weight is 501 g/mol. The second-order valence-electron chi connectivity index (χ2n) is 8.41. The first-order valence-corrected chi connectivity index (χ1v) is 11.5. The highest BCUT2D eigenvalue weighted by molar-refractivity contribution is 6.32. The van der Waals surface area contributed by atoms with Gasteiger partial charge in [-0.1, -0.05) is 35.9 Å². The third-order valence-electron chi connectivity index (χ3n) is 6.25. The Balaban J connectivity index is 1.51. The summed E-state index contributed by atoms with van der Waals surface area (Å²) in [5.74, 6) is 0.118. The summed E-state index contributed by atoms with van der Waals surface area (Å²) in [6.07, 6.45) is 0. The summed E-state index contributed by atoms with van der Waals surface area (Å²) in [5, 5.41) is 11.1. The molecule has 4 aromatic rings. The minimum absolute atomic E-state index is 0.0234. The maximum Gasteiger partial charge on any atom is 0.379 e. The van der Waals surface area contributed by atoms with E-state index >= 15 is 0 Å². The SMILES string of the molecule is COc1ccccc1C1C(C#N)=C(N)Oc2cc(OC(=O)c3oc4cc(C)c(Cl)cc4c3C)ccc21. The van der Waals surface area contributed by atoms with Crippen LogP contribution in [0.25, 0.3) is 11.0 Å². The fourth-order valence-corrected chi connectivity index (χ4v) is 4.58. The lowest BCUT2D eigenvalue weighted by molar-refractivity contribution is 0.0702. The van der Waals surface area contributed by atoms with Crippen molar-refractivity contribution in [3.63, 3.8) is 0 Å². The summed E-state index contributed by atoms with van der Waals surface area (Å²) in [7, 11) is 1.57. The van der Waals surface area contributed by atoms with Crippen molar-refractivity contribution in [2.75, 3.05) is 7.11 Å². The number of carbonyl (C=O) groups excluding carboxylic acids is 1. The van der Waals surface area contributed by atoms with E-state index in [1.54, 1.807) is 44.4 Å². The second-order valence-corrected chi connectivity index (χ2v) is 8.82. The van der Waals surface area contributed by atoms with E-state index in [1.807, 2.05) is 31.2 Å². The van der Waals surface area contributed by atoms with Gasteiger partial charge in [-0.15, -0.1) is 0 Å². The van der Waals surface area contributed by atoms with Gasteiger partial charge in [-0.2, -0.15) is 5.26 Å². The van der Waals surface area contributed by atoms with Crippen LogP contribution >= 0.6 is 11.6 Å². The fourth-order valence-electron chi connectivity index (χ4n) is 4.41. The molecule has 0 spiro atoms. The molecule has 0 bridgehead atoms. The number of furan rings is 1. The maximum atomic E-state index is 13.0. The van der Waals surface area contributed by atoms with Gasteiger partial charge in [-0.3, -0.25) is 0 Å². The van der Waals surface area contributed by atoms with E-state index in [9.17, 15) is 10.1 Å². The predicted molar refractivity (Wildman–Crippen MR) is 134 cm³/mol. The van der Waals surface area contributed by atoms with E-state index in [0.717, 1.165) is 16.5 Å². The van der Waals surface area contributed by atoms with Crippen molar-refractivity contribution in [2.24, 2.45) is 5.73 Å². The summed E-state index contributed by atoms with van der Waals surface area (Å²) in [6, 6.07) is 18.1. The number of fused-ring (bicyclic) bond motifs is 2. The number of allylic oxidation sites excluding steroid dienone is 1. The summed E-state index contributed by atoms with van der Waals surface area (Å²) in [5.41, 5.74) is 9.86. The number of methoxy groups -OCH3 is 1. The molecule has 5 rings (SSSR count). The van der Waals surface area contributed by atoms with E-state index in [0.29, 0.717) is 33.2 Å². The summed E-state index contributed by atoms with van der Waals surface area (Å²) in [6.45, 7) is 3.64. The molecular formula is C28H21ClN2O5. The van der Waals surface area contributed by atoms with Crippen molar-refractivity contribution in [1.29, 1.82) is 5.26 Å². The molecule has 2 N–H and O–H groups in total. The third kappa shape index (κ3) is 3.82. The Kier molecular flexibility index (Phi) is 5.83. The Morgan fingerprint density at radius 1 is 1.11 bits per heavy atom. The number of para-hydroxylation sites is 1.